The van der Waals surface area contributed by atoms with Crippen LogP contribution >= 0.6 is 0 Å². The van der Waals surface area contributed by atoms with E-state index in [9.17, 15) is 0 Å². The molecule has 0 N–H and O–H groups in total. The minimum atomic E-state index is -0.135. The Bertz CT molecular complexity index is 3170. The summed E-state index contributed by atoms with van der Waals surface area (Å²) in [6.45, 7) is 21.6. The van der Waals surface area contributed by atoms with E-state index in [4.69, 9.17) is 4.42 Å². The van der Waals surface area contributed by atoms with Crippen molar-refractivity contribution in [3.8, 4) is 0 Å². The Kier molecular flexibility index (Phi) is 8.26. The first-order valence-corrected chi connectivity index (χ1v) is 23.6. The summed E-state index contributed by atoms with van der Waals surface area (Å²) in [5.74, 6) is 0. The molecule has 2 unspecified atom stereocenters. The molecule has 1 aromatic heterocycles. The number of rotatable bonds is 4. The highest BCUT2D eigenvalue weighted by atomic mass is 16.3. The number of hydrogen-bond donors (Lipinski definition) is 0. The minimum absolute atomic E-state index is 0.0189. The number of fused-ring (bicyclic) bond motifs is 11. The van der Waals surface area contributed by atoms with Gasteiger partial charge in [0.15, 0.2) is 0 Å². The van der Waals surface area contributed by atoms with Crippen LogP contribution in [0.4, 0.5) is 45.5 Å². The molecule has 0 spiro atoms. The Hall–Kier alpha value is -6.20. The molecule has 8 aromatic rings. The summed E-state index contributed by atoms with van der Waals surface area (Å²) >= 11 is 0. The number of hydrogen-bond acceptors (Lipinski definition) is 4. The maximum atomic E-state index is 6.81. The highest BCUT2D eigenvalue weighted by molar-refractivity contribution is 7.02. The molecule has 5 heteroatoms. The second-order valence-corrected chi connectivity index (χ2v) is 21.8. The number of furan rings is 1. The SMILES string of the molecule is Cc1cc(C(C)(C)C)ccc1N1c2cc(N(c3ccccc3)c3ccccc3)cc3c2B(c2cc(C(C)(C)C)cc4c2N3C2(C)CCCCC42C)c2c1ccc1oc3ccccc3c21. The lowest BCUT2D eigenvalue weighted by Crippen LogP contribution is -2.64. The van der Waals surface area contributed by atoms with Gasteiger partial charge in [-0.1, -0.05) is 140 Å². The lowest BCUT2D eigenvalue weighted by Gasteiger charge is -2.53. The third-order valence-corrected chi connectivity index (χ3v) is 16.0. The van der Waals surface area contributed by atoms with E-state index in [-0.39, 0.29) is 28.5 Å². The van der Waals surface area contributed by atoms with Crippen molar-refractivity contribution in [1.82, 2.24) is 0 Å². The van der Waals surface area contributed by atoms with Crippen molar-refractivity contribution >= 4 is 90.5 Å². The van der Waals surface area contributed by atoms with Crippen molar-refractivity contribution in [3.05, 3.63) is 162 Å². The first-order chi connectivity index (χ1) is 30.7. The highest BCUT2D eigenvalue weighted by Crippen LogP contribution is 2.63. The van der Waals surface area contributed by atoms with E-state index in [0.29, 0.717) is 0 Å². The maximum absolute atomic E-state index is 6.81. The Balaban J connectivity index is 1.27. The molecule has 2 atom stereocenters. The van der Waals surface area contributed by atoms with Gasteiger partial charge in [0.2, 0.25) is 0 Å². The third-order valence-electron chi connectivity index (χ3n) is 16.0. The van der Waals surface area contributed by atoms with Gasteiger partial charge in [-0.3, -0.25) is 0 Å². The Morgan fingerprint density at radius 2 is 1.22 bits per heavy atom. The molecule has 4 nitrogen and oxygen atoms in total. The van der Waals surface area contributed by atoms with Crippen LogP contribution < -0.4 is 31.1 Å². The fraction of sp³-hybridized carbons (Fsp3) is 0.288. The summed E-state index contributed by atoms with van der Waals surface area (Å²) in [5.41, 5.74) is 21.2. The van der Waals surface area contributed by atoms with E-state index in [2.05, 4.69) is 217 Å². The predicted octanol–water partition coefficient (Wildman–Crippen LogP) is 14.3. The van der Waals surface area contributed by atoms with Gasteiger partial charge in [0.1, 0.15) is 11.2 Å². The van der Waals surface area contributed by atoms with Crippen LogP contribution in [-0.4, -0.2) is 12.3 Å². The molecule has 12 rings (SSSR count). The number of benzene rings is 7. The minimum Gasteiger partial charge on any atom is -0.456 e. The lowest BCUT2D eigenvalue weighted by atomic mass is 9.32. The van der Waals surface area contributed by atoms with Gasteiger partial charge in [-0.25, -0.2) is 0 Å². The maximum Gasteiger partial charge on any atom is 0.253 e. The number of nitrogens with zero attached hydrogens (tertiary/aromatic N) is 3. The van der Waals surface area contributed by atoms with E-state index < -0.39 is 0 Å². The van der Waals surface area contributed by atoms with E-state index in [0.717, 1.165) is 34.6 Å². The number of para-hydroxylation sites is 3. The molecule has 1 aliphatic carbocycles. The van der Waals surface area contributed by atoms with Crippen LogP contribution in [0.2, 0.25) is 0 Å². The Labute approximate surface area is 379 Å². The van der Waals surface area contributed by atoms with E-state index in [1.54, 1.807) is 0 Å². The third kappa shape index (κ3) is 5.36. The summed E-state index contributed by atoms with van der Waals surface area (Å²) in [5, 5.41) is 2.40. The van der Waals surface area contributed by atoms with E-state index >= 15 is 0 Å². The van der Waals surface area contributed by atoms with Crippen LogP contribution in [0.1, 0.15) is 103 Å². The Morgan fingerprint density at radius 3 is 1.91 bits per heavy atom. The number of anilines is 8. The summed E-state index contributed by atoms with van der Waals surface area (Å²) in [6.07, 6.45) is 4.77. The summed E-state index contributed by atoms with van der Waals surface area (Å²) in [6, 6.07) is 52.7. The molecule has 4 aliphatic rings. The normalized spacial score (nSPS) is 19.7. The van der Waals surface area contributed by atoms with Gasteiger partial charge in [0, 0.05) is 56.0 Å². The zero-order valence-electron chi connectivity index (χ0n) is 38.9. The first-order valence-electron chi connectivity index (χ1n) is 23.6. The van der Waals surface area contributed by atoms with Gasteiger partial charge >= 0.3 is 0 Å². The van der Waals surface area contributed by atoms with Crippen molar-refractivity contribution in [1.29, 1.82) is 0 Å². The quantitative estimate of drug-likeness (QED) is 0.165. The summed E-state index contributed by atoms with van der Waals surface area (Å²) < 4.78 is 6.81. The molecule has 0 radical (unpaired) electrons. The zero-order valence-corrected chi connectivity index (χ0v) is 38.9. The van der Waals surface area contributed by atoms with Crippen molar-refractivity contribution in [2.75, 3.05) is 14.7 Å². The molecule has 3 aliphatic heterocycles. The fourth-order valence-corrected chi connectivity index (χ4v) is 12.4. The molecule has 1 saturated carbocycles. The van der Waals surface area contributed by atoms with Crippen LogP contribution in [0.3, 0.4) is 0 Å². The molecular formula is C59H58BN3O. The van der Waals surface area contributed by atoms with Crippen molar-refractivity contribution in [2.45, 2.75) is 110 Å². The van der Waals surface area contributed by atoms with Gasteiger partial charge in [-0.2, -0.15) is 0 Å². The molecular weight excluding hydrogens is 777 g/mol. The lowest BCUT2D eigenvalue weighted by molar-refractivity contribution is 0.195. The van der Waals surface area contributed by atoms with Crippen LogP contribution in [0.25, 0.3) is 21.9 Å². The van der Waals surface area contributed by atoms with Crippen LogP contribution in [0.15, 0.2) is 144 Å². The van der Waals surface area contributed by atoms with Crippen LogP contribution in [-0.2, 0) is 16.2 Å². The highest BCUT2D eigenvalue weighted by Gasteiger charge is 2.62. The average Bonchev–Trinajstić information content (AvgIpc) is 3.76. The van der Waals surface area contributed by atoms with Crippen molar-refractivity contribution in [3.63, 3.8) is 0 Å². The summed E-state index contributed by atoms with van der Waals surface area (Å²) in [4.78, 5) is 7.98. The first kappa shape index (κ1) is 39.4. The molecule has 4 heterocycles. The van der Waals surface area contributed by atoms with Gasteiger partial charge in [0.25, 0.3) is 6.71 Å². The molecule has 64 heavy (non-hydrogen) atoms. The topological polar surface area (TPSA) is 22.9 Å². The molecule has 318 valence electrons. The smallest absolute Gasteiger partial charge is 0.253 e. The Morgan fingerprint density at radius 1 is 0.578 bits per heavy atom. The standard InChI is InChI=1S/C59H58BN3O/c1-37-32-38(56(2,3)4)26-27-46(37)62-47-28-29-51-52(43-24-16-17-25-50(43)64-51)54(47)60-45-34-39(57(5,6)7)33-44-55(45)63(59(9)31-19-18-30-58(44,59)8)49-36-42(35-48(62)53(49)60)61(40-20-12-10-13-21-40)41-22-14-11-15-23-41/h10-17,20-29,32-36H,18-19,30-31H2,1-9H3. The van der Waals surface area contributed by atoms with E-state index in [1.165, 1.54) is 97.1 Å². The van der Waals surface area contributed by atoms with Crippen molar-refractivity contribution < 1.29 is 4.42 Å². The van der Waals surface area contributed by atoms with Gasteiger partial charge in [0.05, 0.1) is 11.2 Å². The van der Waals surface area contributed by atoms with Gasteiger partial charge < -0.3 is 19.1 Å². The van der Waals surface area contributed by atoms with Crippen molar-refractivity contribution in [2.24, 2.45) is 0 Å². The van der Waals surface area contributed by atoms with Gasteiger partial charge in [-0.05, 0) is 137 Å². The van der Waals surface area contributed by atoms with Crippen LogP contribution in [0.5, 0.6) is 0 Å². The summed E-state index contributed by atoms with van der Waals surface area (Å²) in [7, 11) is 0. The molecule has 0 amide bonds. The van der Waals surface area contributed by atoms with E-state index in [1.807, 2.05) is 0 Å². The van der Waals surface area contributed by atoms with Gasteiger partial charge in [-0.15, -0.1) is 0 Å². The zero-order chi connectivity index (χ0) is 44.1. The average molecular weight is 836 g/mol. The fourth-order valence-electron chi connectivity index (χ4n) is 12.4. The van der Waals surface area contributed by atoms with Crippen LogP contribution in [0, 0.1) is 6.92 Å². The second-order valence-electron chi connectivity index (χ2n) is 21.8. The molecule has 0 bridgehead atoms. The molecule has 1 fully saturated rings. The molecule has 7 aromatic carbocycles. The predicted molar refractivity (Wildman–Crippen MR) is 273 cm³/mol. The molecule has 0 saturated heterocycles. The second kappa shape index (κ2) is 13.4. The number of aryl methyl sites for hydroxylation is 1. The largest absolute Gasteiger partial charge is 0.456 e. The monoisotopic (exact) mass is 835 g/mol.